The smallest absolute Gasteiger partial charge is 0.234 e. The van der Waals surface area contributed by atoms with Crippen molar-refractivity contribution in [3.63, 3.8) is 0 Å². The molecule has 8 heteroatoms. The molecule has 0 aliphatic heterocycles. The van der Waals surface area contributed by atoms with E-state index in [2.05, 4.69) is 26.7 Å². The van der Waals surface area contributed by atoms with Crippen LogP contribution in [0.3, 0.4) is 0 Å². The van der Waals surface area contributed by atoms with E-state index in [1.54, 1.807) is 0 Å². The van der Waals surface area contributed by atoms with E-state index in [4.69, 9.17) is 11.6 Å². The van der Waals surface area contributed by atoms with Crippen LogP contribution in [0.1, 0.15) is 43.8 Å². The van der Waals surface area contributed by atoms with Gasteiger partial charge in [-0.15, -0.1) is 16.8 Å². The zero-order chi connectivity index (χ0) is 19.2. The quantitative estimate of drug-likeness (QED) is 0.515. The van der Waals surface area contributed by atoms with Crippen LogP contribution >= 0.6 is 23.4 Å². The molecule has 1 aromatic heterocycles. The highest BCUT2D eigenvalue weighted by Crippen LogP contribution is 2.33. The summed E-state index contributed by atoms with van der Waals surface area (Å²) in [5.74, 6) is 0.861. The highest BCUT2D eigenvalue weighted by atomic mass is 35.5. The van der Waals surface area contributed by atoms with Gasteiger partial charge in [-0.25, -0.2) is 4.39 Å². The van der Waals surface area contributed by atoms with Crippen molar-refractivity contribution in [2.24, 2.45) is 0 Å². The fraction of sp³-hybridized carbons (Fsp3) is 0.421. The molecule has 0 saturated heterocycles. The van der Waals surface area contributed by atoms with Gasteiger partial charge in [0.25, 0.3) is 0 Å². The Labute approximate surface area is 167 Å². The van der Waals surface area contributed by atoms with Gasteiger partial charge in [-0.05, 0) is 31.0 Å². The molecule has 1 aromatic carbocycles. The summed E-state index contributed by atoms with van der Waals surface area (Å²) in [6, 6.07) is 4.09. The lowest BCUT2D eigenvalue weighted by atomic mass is 9.89. The number of benzene rings is 1. The minimum atomic E-state index is -0.517. The zero-order valence-electron chi connectivity index (χ0n) is 15.0. The number of hydrogen-bond donors (Lipinski definition) is 1. The summed E-state index contributed by atoms with van der Waals surface area (Å²) in [6.07, 6.45) is 7.80. The molecular weight excluding hydrogens is 387 g/mol. The Morgan fingerprint density at radius 3 is 2.85 bits per heavy atom. The predicted octanol–water partition coefficient (Wildman–Crippen LogP) is 5.04. The van der Waals surface area contributed by atoms with Crippen LogP contribution in [0.5, 0.6) is 0 Å². The third-order valence-corrected chi connectivity index (χ3v) is 5.82. The van der Waals surface area contributed by atoms with Crippen LogP contribution in [-0.2, 0) is 11.3 Å². The van der Waals surface area contributed by atoms with Crippen LogP contribution in [0.15, 0.2) is 36.0 Å². The summed E-state index contributed by atoms with van der Waals surface area (Å²) in [5, 5.41) is 12.1. The van der Waals surface area contributed by atoms with E-state index in [1.807, 2.05) is 6.08 Å². The number of amides is 1. The van der Waals surface area contributed by atoms with E-state index in [1.165, 1.54) is 49.2 Å². The van der Waals surface area contributed by atoms with Crippen LogP contribution in [0.4, 0.5) is 10.1 Å². The van der Waals surface area contributed by atoms with Gasteiger partial charge in [-0.2, -0.15) is 0 Å². The van der Waals surface area contributed by atoms with E-state index in [9.17, 15) is 9.18 Å². The summed E-state index contributed by atoms with van der Waals surface area (Å²) < 4.78 is 15.3. The first-order valence-corrected chi connectivity index (χ1v) is 10.4. The first kappa shape index (κ1) is 19.9. The molecule has 1 aliphatic rings. The summed E-state index contributed by atoms with van der Waals surface area (Å²) in [7, 11) is 0. The van der Waals surface area contributed by atoms with Crippen molar-refractivity contribution >= 4 is 35.0 Å². The molecule has 1 fully saturated rings. The lowest BCUT2D eigenvalue weighted by molar-refractivity contribution is -0.113. The molecule has 1 aliphatic carbocycles. The van der Waals surface area contributed by atoms with Gasteiger partial charge in [-0.1, -0.05) is 48.7 Å². The largest absolute Gasteiger partial charge is 0.325 e. The number of nitrogens with zero attached hydrogens (tertiary/aromatic N) is 3. The van der Waals surface area contributed by atoms with Crippen LogP contribution in [-0.4, -0.2) is 26.4 Å². The number of aromatic nitrogens is 3. The number of allylic oxidation sites excluding steroid dienone is 1. The Hall–Kier alpha value is -1.86. The number of thioether (sulfide) groups is 1. The highest BCUT2D eigenvalue weighted by Gasteiger charge is 2.23. The zero-order valence-corrected chi connectivity index (χ0v) is 16.5. The second kappa shape index (κ2) is 9.37. The Morgan fingerprint density at radius 2 is 2.15 bits per heavy atom. The lowest BCUT2D eigenvalue weighted by Gasteiger charge is -2.21. The van der Waals surface area contributed by atoms with Gasteiger partial charge < -0.3 is 9.88 Å². The number of carbonyl (C=O) groups excluding carboxylic acids is 1. The van der Waals surface area contributed by atoms with Gasteiger partial charge in [0.2, 0.25) is 5.91 Å². The van der Waals surface area contributed by atoms with E-state index in [-0.39, 0.29) is 16.7 Å². The third kappa shape index (κ3) is 5.11. The number of nitrogens with one attached hydrogen (secondary N) is 1. The molecule has 1 N–H and O–H groups in total. The molecule has 5 nitrogen and oxygen atoms in total. The monoisotopic (exact) mass is 408 g/mol. The van der Waals surface area contributed by atoms with Gasteiger partial charge in [0, 0.05) is 18.2 Å². The first-order valence-electron chi connectivity index (χ1n) is 9.00. The molecule has 2 aromatic rings. The number of anilines is 1. The van der Waals surface area contributed by atoms with E-state index in [0.29, 0.717) is 23.3 Å². The summed E-state index contributed by atoms with van der Waals surface area (Å²) in [6.45, 7) is 4.44. The van der Waals surface area contributed by atoms with Crippen LogP contribution in [0.2, 0.25) is 5.02 Å². The molecule has 1 heterocycles. The molecule has 0 spiro atoms. The number of halogens is 2. The van der Waals surface area contributed by atoms with Crippen molar-refractivity contribution in [2.75, 3.05) is 11.1 Å². The Morgan fingerprint density at radius 1 is 1.37 bits per heavy atom. The van der Waals surface area contributed by atoms with Gasteiger partial charge in [0.1, 0.15) is 11.6 Å². The van der Waals surface area contributed by atoms with Gasteiger partial charge in [0.05, 0.1) is 10.8 Å². The van der Waals surface area contributed by atoms with Crippen molar-refractivity contribution in [3.8, 4) is 0 Å². The van der Waals surface area contributed by atoms with E-state index >= 15 is 0 Å². The Bertz CT molecular complexity index is 820. The molecular formula is C19H22ClFN4OS. The van der Waals surface area contributed by atoms with Crippen LogP contribution in [0.25, 0.3) is 0 Å². The first-order chi connectivity index (χ1) is 13.1. The maximum atomic E-state index is 13.2. The minimum absolute atomic E-state index is 0.0247. The standard InChI is InChI=1S/C19H22ClFN4OS/c1-2-10-25-18(13-6-4-3-5-7-13)23-24-19(25)27-12-17(26)22-14-8-9-16(21)15(20)11-14/h2,8-9,11,13H,1,3-7,10,12H2,(H,22,26). The van der Waals surface area contributed by atoms with E-state index < -0.39 is 5.82 Å². The maximum Gasteiger partial charge on any atom is 0.234 e. The minimum Gasteiger partial charge on any atom is -0.325 e. The molecule has 1 amide bonds. The molecule has 27 heavy (non-hydrogen) atoms. The van der Waals surface area contributed by atoms with Gasteiger partial charge in [0.15, 0.2) is 5.16 Å². The second-order valence-corrected chi connectivity index (χ2v) is 7.89. The predicted molar refractivity (Wildman–Crippen MR) is 107 cm³/mol. The van der Waals surface area contributed by atoms with Crippen molar-refractivity contribution in [2.45, 2.75) is 49.7 Å². The average Bonchev–Trinajstić information content (AvgIpc) is 3.07. The molecule has 1 saturated carbocycles. The number of rotatable bonds is 7. The number of hydrogen-bond acceptors (Lipinski definition) is 4. The normalized spacial score (nSPS) is 14.9. The second-order valence-electron chi connectivity index (χ2n) is 6.54. The summed E-state index contributed by atoms with van der Waals surface area (Å²) >= 11 is 7.07. The molecule has 0 unspecified atom stereocenters. The van der Waals surface area contributed by atoms with Crippen molar-refractivity contribution in [3.05, 3.63) is 47.5 Å². The van der Waals surface area contributed by atoms with Crippen molar-refractivity contribution in [1.29, 1.82) is 0 Å². The third-order valence-electron chi connectivity index (χ3n) is 4.56. The summed E-state index contributed by atoms with van der Waals surface area (Å²) in [5.41, 5.74) is 0.461. The maximum absolute atomic E-state index is 13.2. The Balaban J connectivity index is 1.64. The fourth-order valence-electron chi connectivity index (χ4n) is 3.27. The molecule has 0 bridgehead atoms. The molecule has 0 radical (unpaired) electrons. The highest BCUT2D eigenvalue weighted by molar-refractivity contribution is 7.99. The molecule has 3 rings (SSSR count). The SMILES string of the molecule is C=CCn1c(SCC(=O)Nc2ccc(F)c(Cl)c2)nnc1C1CCCCC1. The van der Waals surface area contributed by atoms with E-state index in [0.717, 1.165) is 18.7 Å². The lowest BCUT2D eigenvalue weighted by Crippen LogP contribution is -2.15. The van der Waals surface area contributed by atoms with Crippen LogP contribution < -0.4 is 5.32 Å². The van der Waals surface area contributed by atoms with Crippen LogP contribution in [0, 0.1) is 5.82 Å². The summed E-state index contributed by atoms with van der Waals surface area (Å²) in [4.78, 5) is 12.2. The Kier molecular flexibility index (Phi) is 6.90. The van der Waals surface area contributed by atoms with Gasteiger partial charge in [-0.3, -0.25) is 4.79 Å². The molecule has 144 valence electrons. The van der Waals surface area contributed by atoms with Crippen molar-refractivity contribution in [1.82, 2.24) is 14.8 Å². The number of carbonyl (C=O) groups is 1. The van der Waals surface area contributed by atoms with Gasteiger partial charge >= 0.3 is 0 Å². The van der Waals surface area contributed by atoms with Crippen molar-refractivity contribution < 1.29 is 9.18 Å². The molecule has 0 atom stereocenters. The topological polar surface area (TPSA) is 59.8 Å². The average molecular weight is 409 g/mol. The fourth-order valence-corrected chi connectivity index (χ4v) is 4.21.